The Bertz CT molecular complexity index is 759. The van der Waals surface area contributed by atoms with E-state index in [0.717, 1.165) is 10.9 Å². The molecule has 0 radical (unpaired) electrons. The molecule has 0 spiro atoms. The third-order valence-electron chi connectivity index (χ3n) is 2.72. The average molecular weight is 252 g/mol. The first-order chi connectivity index (χ1) is 9.24. The van der Waals surface area contributed by atoms with Crippen molar-refractivity contribution >= 4 is 16.6 Å². The SMILES string of the molecule is O=[N+]([O-])c1ccc2cnc(-c3ccncc3)nc2c1. The molecule has 0 N–H and O–H groups in total. The number of hydrogen-bond acceptors (Lipinski definition) is 5. The summed E-state index contributed by atoms with van der Waals surface area (Å²) in [4.78, 5) is 22.8. The smallest absolute Gasteiger partial charge is 0.265 e. The zero-order valence-electron chi connectivity index (χ0n) is 9.72. The Hall–Kier alpha value is -2.89. The largest absolute Gasteiger partial charge is 0.271 e. The Morgan fingerprint density at radius 1 is 1.11 bits per heavy atom. The van der Waals surface area contributed by atoms with Crippen molar-refractivity contribution in [3.05, 3.63) is 59.0 Å². The standard InChI is InChI=1S/C13H8N4O2/c18-17(19)11-2-1-10-8-15-13(16-12(10)7-11)9-3-5-14-6-4-9/h1-8H. The minimum absolute atomic E-state index is 0.0203. The lowest BCUT2D eigenvalue weighted by Gasteiger charge is -2.01. The van der Waals surface area contributed by atoms with Crippen LogP contribution in [0, 0.1) is 10.1 Å². The molecule has 0 bridgehead atoms. The summed E-state index contributed by atoms with van der Waals surface area (Å²) in [6.07, 6.45) is 4.95. The van der Waals surface area contributed by atoms with Crippen LogP contribution in [0.5, 0.6) is 0 Å². The van der Waals surface area contributed by atoms with Crippen molar-refractivity contribution in [2.45, 2.75) is 0 Å². The van der Waals surface area contributed by atoms with Crippen molar-refractivity contribution in [1.29, 1.82) is 0 Å². The third kappa shape index (κ3) is 2.11. The Morgan fingerprint density at radius 2 is 1.89 bits per heavy atom. The van der Waals surface area contributed by atoms with E-state index in [1.165, 1.54) is 12.1 Å². The van der Waals surface area contributed by atoms with Gasteiger partial charge in [0.05, 0.1) is 10.4 Å². The maximum absolute atomic E-state index is 10.8. The first kappa shape index (κ1) is 11.2. The van der Waals surface area contributed by atoms with Crippen LogP contribution in [0.2, 0.25) is 0 Å². The number of rotatable bonds is 2. The number of nitro groups is 1. The number of pyridine rings is 1. The summed E-state index contributed by atoms with van der Waals surface area (Å²) in [6, 6.07) is 8.11. The average Bonchev–Trinajstić information content (AvgIpc) is 2.47. The van der Waals surface area contributed by atoms with Gasteiger partial charge in [-0.2, -0.15) is 0 Å². The van der Waals surface area contributed by atoms with Crippen LogP contribution in [0.3, 0.4) is 0 Å². The van der Waals surface area contributed by atoms with Gasteiger partial charge in [0.1, 0.15) is 0 Å². The van der Waals surface area contributed by atoms with Crippen LogP contribution in [-0.2, 0) is 0 Å². The number of fused-ring (bicyclic) bond motifs is 1. The van der Waals surface area contributed by atoms with Gasteiger partial charge in [-0.05, 0) is 18.2 Å². The zero-order valence-corrected chi connectivity index (χ0v) is 9.72. The summed E-state index contributed by atoms with van der Waals surface area (Å²) in [5.74, 6) is 0.524. The van der Waals surface area contributed by atoms with Gasteiger partial charge in [-0.3, -0.25) is 15.1 Å². The number of nitrogens with zero attached hydrogens (tertiary/aromatic N) is 4. The van der Waals surface area contributed by atoms with E-state index < -0.39 is 4.92 Å². The lowest BCUT2D eigenvalue weighted by Crippen LogP contribution is -1.92. The Labute approximate surface area is 107 Å². The Balaban J connectivity index is 2.16. The molecule has 2 aromatic heterocycles. The van der Waals surface area contributed by atoms with E-state index in [0.29, 0.717) is 11.3 Å². The molecule has 6 heteroatoms. The molecule has 0 aliphatic rings. The predicted octanol–water partition coefficient (Wildman–Crippen LogP) is 2.60. The zero-order chi connectivity index (χ0) is 13.2. The lowest BCUT2D eigenvalue weighted by molar-refractivity contribution is -0.384. The second-order valence-corrected chi connectivity index (χ2v) is 3.93. The van der Waals surface area contributed by atoms with Crippen molar-refractivity contribution in [1.82, 2.24) is 15.0 Å². The minimum Gasteiger partial charge on any atom is -0.265 e. The molecule has 0 unspecified atom stereocenters. The van der Waals surface area contributed by atoms with Gasteiger partial charge in [-0.15, -0.1) is 0 Å². The van der Waals surface area contributed by atoms with Gasteiger partial charge in [0.15, 0.2) is 5.82 Å². The first-order valence-corrected chi connectivity index (χ1v) is 5.55. The van der Waals surface area contributed by atoms with Crippen LogP contribution in [0.4, 0.5) is 5.69 Å². The van der Waals surface area contributed by atoms with E-state index in [-0.39, 0.29) is 5.69 Å². The van der Waals surface area contributed by atoms with Gasteiger partial charge in [-0.25, -0.2) is 9.97 Å². The number of nitro benzene ring substituents is 1. The molecule has 0 amide bonds. The summed E-state index contributed by atoms with van der Waals surface area (Å²) >= 11 is 0. The molecule has 0 fully saturated rings. The van der Waals surface area contributed by atoms with Gasteiger partial charge in [0, 0.05) is 41.7 Å². The van der Waals surface area contributed by atoms with Gasteiger partial charge in [0.2, 0.25) is 0 Å². The summed E-state index contributed by atoms with van der Waals surface area (Å²) < 4.78 is 0. The number of non-ortho nitro benzene ring substituents is 1. The van der Waals surface area contributed by atoms with Crippen molar-refractivity contribution < 1.29 is 4.92 Å². The van der Waals surface area contributed by atoms with Crippen molar-refractivity contribution in [2.75, 3.05) is 0 Å². The quantitative estimate of drug-likeness (QED) is 0.517. The van der Waals surface area contributed by atoms with Gasteiger partial charge in [-0.1, -0.05) is 0 Å². The van der Waals surface area contributed by atoms with Crippen molar-refractivity contribution in [3.63, 3.8) is 0 Å². The van der Waals surface area contributed by atoms with Crippen LogP contribution < -0.4 is 0 Å². The molecule has 0 aliphatic carbocycles. The normalized spacial score (nSPS) is 10.5. The van der Waals surface area contributed by atoms with Crippen LogP contribution in [0.15, 0.2) is 48.9 Å². The molecule has 92 valence electrons. The fourth-order valence-electron chi connectivity index (χ4n) is 1.77. The maximum atomic E-state index is 10.8. The highest BCUT2D eigenvalue weighted by molar-refractivity contribution is 5.81. The van der Waals surface area contributed by atoms with Crippen LogP contribution in [0.1, 0.15) is 0 Å². The van der Waals surface area contributed by atoms with Crippen molar-refractivity contribution in [2.24, 2.45) is 0 Å². The van der Waals surface area contributed by atoms with Crippen LogP contribution >= 0.6 is 0 Å². The molecule has 2 heterocycles. The monoisotopic (exact) mass is 252 g/mol. The minimum atomic E-state index is -0.437. The van der Waals surface area contributed by atoms with E-state index in [1.807, 2.05) is 0 Å². The summed E-state index contributed by atoms with van der Waals surface area (Å²) in [6.45, 7) is 0. The van der Waals surface area contributed by atoms with E-state index in [1.54, 1.807) is 36.8 Å². The lowest BCUT2D eigenvalue weighted by atomic mass is 10.2. The number of hydrogen-bond donors (Lipinski definition) is 0. The molecule has 0 atom stereocenters. The van der Waals surface area contributed by atoms with Gasteiger partial charge >= 0.3 is 0 Å². The predicted molar refractivity (Wildman–Crippen MR) is 69.4 cm³/mol. The van der Waals surface area contributed by atoms with E-state index in [2.05, 4.69) is 15.0 Å². The van der Waals surface area contributed by atoms with Crippen molar-refractivity contribution in [3.8, 4) is 11.4 Å². The van der Waals surface area contributed by atoms with Gasteiger partial charge in [0.25, 0.3) is 5.69 Å². The molecule has 3 aromatic rings. The molecular formula is C13H8N4O2. The summed E-state index contributed by atoms with van der Waals surface area (Å²) in [7, 11) is 0. The summed E-state index contributed by atoms with van der Waals surface area (Å²) in [5.41, 5.74) is 1.39. The first-order valence-electron chi connectivity index (χ1n) is 5.55. The summed E-state index contributed by atoms with van der Waals surface area (Å²) in [5, 5.41) is 11.5. The van der Waals surface area contributed by atoms with Crippen LogP contribution in [0.25, 0.3) is 22.3 Å². The molecule has 0 aliphatic heterocycles. The topological polar surface area (TPSA) is 81.8 Å². The molecule has 1 aromatic carbocycles. The molecule has 6 nitrogen and oxygen atoms in total. The molecule has 19 heavy (non-hydrogen) atoms. The molecule has 3 rings (SSSR count). The highest BCUT2D eigenvalue weighted by Gasteiger charge is 2.08. The highest BCUT2D eigenvalue weighted by atomic mass is 16.6. The third-order valence-corrected chi connectivity index (χ3v) is 2.72. The van der Waals surface area contributed by atoms with E-state index >= 15 is 0 Å². The van der Waals surface area contributed by atoms with E-state index in [4.69, 9.17) is 0 Å². The number of aromatic nitrogens is 3. The van der Waals surface area contributed by atoms with Gasteiger partial charge < -0.3 is 0 Å². The maximum Gasteiger partial charge on any atom is 0.271 e. The van der Waals surface area contributed by atoms with E-state index in [9.17, 15) is 10.1 Å². The second kappa shape index (κ2) is 4.41. The Morgan fingerprint density at radius 3 is 2.63 bits per heavy atom. The molecule has 0 saturated carbocycles. The van der Waals surface area contributed by atoms with Crippen LogP contribution in [-0.4, -0.2) is 19.9 Å². The molecular weight excluding hydrogens is 244 g/mol. The molecule has 0 saturated heterocycles. The number of benzene rings is 1. The fraction of sp³-hybridized carbons (Fsp3) is 0. The highest BCUT2D eigenvalue weighted by Crippen LogP contribution is 2.21. The fourth-order valence-corrected chi connectivity index (χ4v) is 1.77. The second-order valence-electron chi connectivity index (χ2n) is 3.93. The Kier molecular flexibility index (Phi) is 2.60.